The second kappa shape index (κ2) is 5.37. The Morgan fingerprint density at radius 3 is 2.71 bits per heavy atom. The monoisotopic (exact) mass is 303 g/mol. The Hall–Kier alpha value is -1.27. The summed E-state index contributed by atoms with van der Waals surface area (Å²) in [5, 5.41) is 18.7. The van der Waals surface area contributed by atoms with Gasteiger partial charge >= 0.3 is 5.97 Å². The van der Waals surface area contributed by atoms with Crippen molar-refractivity contribution in [1.82, 2.24) is 0 Å². The molecule has 0 spiro atoms. The fraction of sp³-hybridized carbons (Fsp3) is 0.364. The summed E-state index contributed by atoms with van der Waals surface area (Å²) >= 11 is 3.32. The highest BCUT2D eigenvalue weighted by Crippen LogP contribution is 2.38. The van der Waals surface area contributed by atoms with Gasteiger partial charge in [0, 0.05) is 22.0 Å². The molecule has 1 aromatic rings. The quantitative estimate of drug-likeness (QED) is 0.782. The van der Waals surface area contributed by atoms with E-state index in [1.165, 1.54) is 7.11 Å². The van der Waals surface area contributed by atoms with Crippen molar-refractivity contribution in [3.8, 4) is 11.5 Å². The molecule has 1 atom stereocenters. The van der Waals surface area contributed by atoms with Gasteiger partial charge in [-0.15, -0.1) is 0 Å². The molecule has 0 bridgehead atoms. The molecule has 0 heterocycles. The summed E-state index contributed by atoms with van der Waals surface area (Å²) in [4.78, 5) is 10.7. The highest BCUT2D eigenvalue weighted by molar-refractivity contribution is 9.10. The molecular weight excluding hydrogens is 290 g/mol. The Labute approximate surface area is 107 Å². The summed E-state index contributed by atoms with van der Waals surface area (Å²) in [6, 6.07) is 0.593. The summed E-state index contributed by atoms with van der Waals surface area (Å²) in [7, 11) is 1.44. The van der Waals surface area contributed by atoms with Gasteiger partial charge in [-0.25, -0.2) is 0 Å². The van der Waals surface area contributed by atoms with E-state index in [1.54, 1.807) is 13.0 Å². The minimum absolute atomic E-state index is 0.0381. The molecule has 94 valence electrons. The Morgan fingerprint density at radius 1 is 1.65 bits per heavy atom. The Morgan fingerprint density at radius 2 is 2.24 bits per heavy atom. The van der Waals surface area contributed by atoms with Crippen molar-refractivity contribution in [3.05, 3.63) is 21.7 Å². The van der Waals surface area contributed by atoms with Gasteiger partial charge in [-0.2, -0.15) is 0 Å². The third-order valence-corrected chi connectivity index (χ3v) is 3.30. The number of ether oxygens (including phenoxy) is 1. The number of benzene rings is 1. The Bertz CT molecular complexity index is 448. The van der Waals surface area contributed by atoms with Crippen molar-refractivity contribution in [1.29, 1.82) is 0 Å². The second-order valence-electron chi connectivity index (χ2n) is 3.67. The van der Waals surface area contributed by atoms with Crippen LogP contribution in [0, 0.1) is 6.92 Å². The number of hydrogen-bond donors (Lipinski definition) is 3. The molecule has 0 saturated carbocycles. The lowest BCUT2D eigenvalue weighted by atomic mass is 10.0. The number of rotatable bonds is 4. The van der Waals surface area contributed by atoms with Crippen LogP contribution in [0.15, 0.2) is 10.5 Å². The number of nitrogens with two attached hydrogens (primary N) is 1. The highest BCUT2D eigenvalue weighted by Gasteiger charge is 2.19. The van der Waals surface area contributed by atoms with Gasteiger partial charge < -0.3 is 20.7 Å². The van der Waals surface area contributed by atoms with Gasteiger partial charge in [-0.05, 0) is 13.0 Å². The molecule has 0 aliphatic heterocycles. The fourth-order valence-corrected chi connectivity index (χ4v) is 1.95. The molecule has 0 aliphatic rings. The van der Waals surface area contributed by atoms with Crippen molar-refractivity contribution < 1.29 is 19.7 Å². The van der Waals surface area contributed by atoms with E-state index in [0.717, 1.165) is 10.0 Å². The third kappa shape index (κ3) is 2.89. The number of carboxylic acids is 1. The van der Waals surface area contributed by atoms with E-state index < -0.39 is 12.0 Å². The first-order valence-electron chi connectivity index (χ1n) is 4.91. The Kier molecular flexibility index (Phi) is 4.36. The largest absolute Gasteiger partial charge is 0.504 e. The zero-order valence-corrected chi connectivity index (χ0v) is 11.1. The van der Waals surface area contributed by atoms with Gasteiger partial charge in [0.2, 0.25) is 0 Å². The third-order valence-electron chi connectivity index (χ3n) is 2.48. The number of aromatic hydroxyl groups is 1. The van der Waals surface area contributed by atoms with Gasteiger partial charge in [-0.1, -0.05) is 15.9 Å². The van der Waals surface area contributed by atoms with Crippen LogP contribution in [0.2, 0.25) is 0 Å². The molecule has 0 fully saturated rings. The van der Waals surface area contributed by atoms with Crippen LogP contribution in [-0.4, -0.2) is 29.3 Å². The number of carbonyl (C=O) groups is 1. The van der Waals surface area contributed by atoms with Gasteiger partial charge in [-0.3, -0.25) is 4.79 Å². The minimum atomic E-state index is -1.11. The number of halogens is 1. The van der Waals surface area contributed by atoms with Crippen LogP contribution in [0.5, 0.6) is 11.5 Å². The van der Waals surface area contributed by atoms with Crippen molar-refractivity contribution in [2.75, 3.05) is 7.11 Å². The van der Waals surface area contributed by atoms with Crippen LogP contribution in [0.4, 0.5) is 0 Å². The lowest BCUT2D eigenvalue weighted by molar-refractivity contribution is -0.138. The zero-order valence-electron chi connectivity index (χ0n) is 9.53. The maximum atomic E-state index is 10.7. The maximum Gasteiger partial charge on any atom is 0.320 e. The number of methoxy groups -OCH3 is 1. The Balaban J connectivity index is 3.17. The number of aliphatic carboxylic acids is 1. The fourth-order valence-electron chi connectivity index (χ4n) is 1.49. The predicted molar refractivity (Wildman–Crippen MR) is 66.4 cm³/mol. The van der Waals surface area contributed by atoms with Gasteiger partial charge in [0.15, 0.2) is 11.5 Å². The van der Waals surface area contributed by atoms with E-state index in [1.807, 2.05) is 0 Å². The van der Waals surface area contributed by atoms with Crippen molar-refractivity contribution in [3.63, 3.8) is 0 Å². The summed E-state index contributed by atoms with van der Waals surface area (Å²) in [5.74, 6) is -0.850. The summed E-state index contributed by atoms with van der Waals surface area (Å²) in [6.45, 7) is 1.78. The first-order valence-corrected chi connectivity index (χ1v) is 5.71. The molecule has 0 aromatic heterocycles. The van der Waals surface area contributed by atoms with E-state index in [2.05, 4.69) is 15.9 Å². The molecule has 5 nitrogen and oxygen atoms in total. The first-order chi connectivity index (χ1) is 7.88. The molecule has 0 saturated heterocycles. The molecule has 1 aromatic carbocycles. The average Bonchev–Trinajstić information content (AvgIpc) is 2.26. The summed E-state index contributed by atoms with van der Waals surface area (Å²) in [5.41, 5.74) is 6.62. The summed E-state index contributed by atoms with van der Waals surface area (Å²) < 4.78 is 5.81. The second-order valence-corrected chi connectivity index (χ2v) is 4.53. The van der Waals surface area contributed by atoms with E-state index >= 15 is 0 Å². The zero-order chi connectivity index (χ0) is 13.2. The van der Waals surface area contributed by atoms with Gasteiger partial charge in [0.25, 0.3) is 0 Å². The molecule has 6 heteroatoms. The molecular formula is C11H14BrNO4. The van der Waals surface area contributed by atoms with Gasteiger partial charge in [0.1, 0.15) is 6.04 Å². The lowest BCUT2D eigenvalue weighted by Gasteiger charge is -2.14. The lowest BCUT2D eigenvalue weighted by Crippen LogP contribution is -2.32. The molecule has 4 N–H and O–H groups in total. The smallest absolute Gasteiger partial charge is 0.320 e. The van der Waals surface area contributed by atoms with E-state index in [0.29, 0.717) is 11.3 Å². The van der Waals surface area contributed by atoms with Crippen LogP contribution in [-0.2, 0) is 11.2 Å². The topological polar surface area (TPSA) is 92.8 Å². The van der Waals surface area contributed by atoms with Crippen LogP contribution in [0.25, 0.3) is 0 Å². The molecule has 1 unspecified atom stereocenters. The SMILES string of the molecule is COc1c(C)c(Br)cc(CC(N)C(=O)O)c1O. The number of carboxylic acid groups (broad SMARTS) is 1. The molecule has 0 radical (unpaired) electrons. The normalized spacial score (nSPS) is 12.2. The number of phenols is 1. The van der Waals surface area contributed by atoms with E-state index in [9.17, 15) is 9.90 Å². The number of hydrogen-bond acceptors (Lipinski definition) is 4. The predicted octanol–water partition coefficient (Wildman–Crippen LogP) is 1.43. The molecule has 0 aliphatic carbocycles. The van der Waals surface area contributed by atoms with Crippen molar-refractivity contribution in [2.45, 2.75) is 19.4 Å². The van der Waals surface area contributed by atoms with E-state index in [-0.39, 0.29) is 12.2 Å². The van der Waals surface area contributed by atoms with Crippen LogP contribution >= 0.6 is 15.9 Å². The first kappa shape index (κ1) is 13.8. The molecule has 17 heavy (non-hydrogen) atoms. The van der Waals surface area contributed by atoms with Gasteiger partial charge in [0.05, 0.1) is 7.11 Å². The van der Waals surface area contributed by atoms with Crippen molar-refractivity contribution in [2.24, 2.45) is 5.73 Å². The average molecular weight is 304 g/mol. The molecule has 1 rings (SSSR count). The van der Waals surface area contributed by atoms with Crippen LogP contribution in [0.1, 0.15) is 11.1 Å². The van der Waals surface area contributed by atoms with E-state index in [4.69, 9.17) is 15.6 Å². The minimum Gasteiger partial charge on any atom is -0.504 e. The maximum absolute atomic E-state index is 10.7. The highest BCUT2D eigenvalue weighted by atomic mass is 79.9. The van der Waals surface area contributed by atoms with Crippen LogP contribution in [0.3, 0.4) is 0 Å². The summed E-state index contributed by atoms with van der Waals surface area (Å²) in [6.07, 6.45) is 0.0381. The van der Waals surface area contributed by atoms with Crippen LogP contribution < -0.4 is 10.5 Å². The standard InChI is InChI=1S/C11H14BrNO4/c1-5-7(12)3-6(4-8(13)11(15)16)9(14)10(5)17-2/h3,8,14H,4,13H2,1-2H3,(H,15,16). The van der Waals surface area contributed by atoms with Crippen molar-refractivity contribution >= 4 is 21.9 Å². The molecule has 0 amide bonds. The number of phenolic OH excluding ortho intramolecular Hbond substituents is 1.